The molecule has 0 radical (unpaired) electrons. The molecule has 1 N–H and O–H groups in total. The van der Waals surface area contributed by atoms with Crippen molar-refractivity contribution in [2.45, 2.75) is 89.9 Å². The first-order chi connectivity index (χ1) is 22.5. The number of esters is 1. The molecule has 0 bridgehead atoms. The SMILES string of the molecule is CCOC(=O)ON1CCN(C(=O)C(CCC(=O)OC(C)(C)C)NC(=O)c2cc(C3CCCC[C@@H]3OC)nc(-c3ccccc3)n2)CC1. The van der Waals surface area contributed by atoms with Gasteiger partial charge < -0.3 is 29.3 Å². The van der Waals surface area contributed by atoms with Crippen molar-refractivity contribution in [2.75, 3.05) is 39.9 Å². The zero-order valence-corrected chi connectivity index (χ0v) is 28.0. The first kappa shape index (κ1) is 35.7. The Kier molecular flexibility index (Phi) is 12.7. The number of methoxy groups -OCH3 is 1. The number of nitrogens with one attached hydrogen (secondary N) is 1. The van der Waals surface area contributed by atoms with Gasteiger partial charge in [-0.1, -0.05) is 43.2 Å². The van der Waals surface area contributed by atoms with E-state index >= 15 is 0 Å². The largest absolute Gasteiger partial charge is 0.527 e. The van der Waals surface area contributed by atoms with Gasteiger partial charge in [0.05, 0.1) is 31.5 Å². The topological polar surface area (TPSA) is 149 Å². The van der Waals surface area contributed by atoms with E-state index in [1.807, 2.05) is 30.3 Å². The van der Waals surface area contributed by atoms with E-state index in [1.165, 1.54) is 5.06 Å². The summed E-state index contributed by atoms with van der Waals surface area (Å²) in [4.78, 5) is 68.4. The van der Waals surface area contributed by atoms with E-state index in [0.29, 0.717) is 11.5 Å². The Hall–Kier alpha value is -4.10. The van der Waals surface area contributed by atoms with Crippen LogP contribution in [-0.4, -0.2) is 102 Å². The van der Waals surface area contributed by atoms with Crippen molar-refractivity contribution >= 4 is 23.9 Å². The molecule has 0 spiro atoms. The Balaban J connectivity index is 1.57. The Morgan fingerprint density at radius 2 is 1.70 bits per heavy atom. The minimum absolute atomic E-state index is 0.0107. The molecular formula is C34H47N5O8. The van der Waals surface area contributed by atoms with Gasteiger partial charge in [0.25, 0.3) is 5.91 Å². The number of benzene rings is 1. The molecule has 256 valence electrons. The van der Waals surface area contributed by atoms with Crippen LogP contribution in [0.25, 0.3) is 11.4 Å². The van der Waals surface area contributed by atoms with Crippen molar-refractivity contribution < 1.29 is 38.2 Å². The van der Waals surface area contributed by atoms with Crippen LogP contribution in [0.4, 0.5) is 4.79 Å². The summed E-state index contributed by atoms with van der Waals surface area (Å²) in [5.74, 6) is -0.994. The molecule has 1 aliphatic heterocycles. The maximum absolute atomic E-state index is 13.9. The maximum atomic E-state index is 13.9. The highest BCUT2D eigenvalue weighted by atomic mass is 16.8. The lowest BCUT2D eigenvalue weighted by Crippen LogP contribution is -2.55. The van der Waals surface area contributed by atoms with Gasteiger partial charge in [-0.3, -0.25) is 14.4 Å². The smallest absolute Gasteiger partial charge is 0.460 e. The molecule has 13 nitrogen and oxygen atoms in total. The normalized spacial score (nSPS) is 19.4. The van der Waals surface area contributed by atoms with Gasteiger partial charge in [-0.15, -0.1) is 5.06 Å². The molecule has 2 aromatic rings. The molecule has 2 amide bonds. The summed E-state index contributed by atoms with van der Waals surface area (Å²) in [5.41, 5.74) is 0.898. The first-order valence-electron chi connectivity index (χ1n) is 16.4. The predicted molar refractivity (Wildman–Crippen MR) is 172 cm³/mol. The highest BCUT2D eigenvalue weighted by Crippen LogP contribution is 2.35. The Morgan fingerprint density at radius 1 is 1.00 bits per heavy atom. The number of aromatic nitrogens is 2. The molecule has 1 aromatic carbocycles. The van der Waals surface area contributed by atoms with Crippen molar-refractivity contribution in [3.63, 3.8) is 0 Å². The summed E-state index contributed by atoms with van der Waals surface area (Å²) < 4.78 is 16.1. The van der Waals surface area contributed by atoms with Crippen LogP contribution in [0.5, 0.6) is 0 Å². The number of rotatable bonds is 11. The third-order valence-electron chi connectivity index (χ3n) is 8.07. The van der Waals surface area contributed by atoms with Gasteiger partial charge in [0, 0.05) is 38.1 Å². The molecule has 1 saturated carbocycles. The number of carbonyl (C=O) groups excluding carboxylic acids is 4. The van der Waals surface area contributed by atoms with Gasteiger partial charge in [0.15, 0.2) is 5.82 Å². The second-order valence-electron chi connectivity index (χ2n) is 12.7. The van der Waals surface area contributed by atoms with Crippen molar-refractivity contribution in [3.8, 4) is 11.4 Å². The molecule has 2 fully saturated rings. The number of hydrogen-bond donors (Lipinski definition) is 1. The fourth-order valence-corrected chi connectivity index (χ4v) is 5.82. The predicted octanol–water partition coefficient (Wildman–Crippen LogP) is 4.27. The number of ether oxygens (including phenoxy) is 3. The summed E-state index contributed by atoms with van der Waals surface area (Å²) >= 11 is 0. The fourth-order valence-electron chi connectivity index (χ4n) is 5.82. The van der Waals surface area contributed by atoms with Crippen LogP contribution in [0.2, 0.25) is 0 Å². The standard InChI is InChI=1S/C34H47N5O8/c1-6-45-33(43)47-39-20-18-38(19-21-39)32(42)25(16-17-29(40)46-34(2,3)4)37-31(41)27-22-26(24-14-10-11-15-28(24)44-5)35-30(36-27)23-12-8-7-9-13-23/h7-9,12-13,22,24-25,28H,6,10-11,14-21H2,1-5H3,(H,37,41)/t24?,25?,28-/m0/s1. The first-order valence-corrected chi connectivity index (χ1v) is 16.4. The molecule has 1 saturated heterocycles. The van der Waals surface area contributed by atoms with Crippen molar-refractivity contribution in [2.24, 2.45) is 0 Å². The van der Waals surface area contributed by atoms with Crippen LogP contribution < -0.4 is 5.32 Å². The zero-order chi connectivity index (χ0) is 34.0. The minimum atomic E-state index is -1.03. The molecule has 1 aromatic heterocycles. The molecule has 1 aliphatic carbocycles. The number of carbonyl (C=O) groups is 4. The molecule has 2 aliphatic rings. The fraction of sp³-hybridized carbons (Fsp3) is 0.588. The minimum Gasteiger partial charge on any atom is -0.460 e. The van der Waals surface area contributed by atoms with E-state index in [9.17, 15) is 19.2 Å². The molecule has 47 heavy (non-hydrogen) atoms. The number of nitrogens with zero attached hydrogens (tertiary/aromatic N) is 4. The number of amides is 2. The van der Waals surface area contributed by atoms with Crippen molar-refractivity contribution in [3.05, 3.63) is 47.8 Å². The summed E-state index contributed by atoms with van der Waals surface area (Å²) in [7, 11) is 1.69. The summed E-state index contributed by atoms with van der Waals surface area (Å²) in [6, 6.07) is 10.1. The summed E-state index contributed by atoms with van der Waals surface area (Å²) in [6.07, 6.45) is 2.95. The van der Waals surface area contributed by atoms with E-state index < -0.39 is 29.7 Å². The lowest BCUT2D eigenvalue weighted by molar-refractivity contribution is -0.158. The van der Waals surface area contributed by atoms with Crippen LogP contribution in [-0.2, 0) is 28.6 Å². The number of hydrogen-bond acceptors (Lipinski definition) is 11. The third kappa shape index (κ3) is 10.4. The van der Waals surface area contributed by atoms with E-state index in [0.717, 1.165) is 31.2 Å². The number of hydroxylamine groups is 2. The van der Waals surface area contributed by atoms with Crippen LogP contribution in [0, 0.1) is 0 Å². The monoisotopic (exact) mass is 653 g/mol. The molecule has 4 rings (SSSR count). The maximum Gasteiger partial charge on any atom is 0.527 e. The Labute approximate surface area is 276 Å². The van der Waals surface area contributed by atoms with Gasteiger partial charge in [0.1, 0.15) is 17.3 Å². The highest BCUT2D eigenvalue weighted by Gasteiger charge is 2.33. The average Bonchev–Trinajstić information content (AvgIpc) is 3.06. The van der Waals surface area contributed by atoms with Gasteiger partial charge in [0.2, 0.25) is 5.91 Å². The lowest BCUT2D eigenvalue weighted by Gasteiger charge is -2.35. The third-order valence-corrected chi connectivity index (χ3v) is 8.07. The lowest BCUT2D eigenvalue weighted by atomic mass is 9.83. The second-order valence-corrected chi connectivity index (χ2v) is 12.7. The van der Waals surface area contributed by atoms with Crippen molar-refractivity contribution in [1.82, 2.24) is 25.2 Å². The van der Waals surface area contributed by atoms with Crippen LogP contribution >= 0.6 is 0 Å². The molecule has 3 atom stereocenters. The second kappa shape index (κ2) is 16.6. The molecule has 2 heterocycles. The van der Waals surface area contributed by atoms with Gasteiger partial charge in [-0.05, 0) is 53.0 Å². The summed E-state index contributed by atoms with van der Waals surface area (Å²) in [5, 5.41) is 4.30. The summed E-state index contributed by atoms with van der Waals surface area (Å²) in [6.45, 7) is 8.18. The van der Waals surface area contributed by atoms with Gasteiger partial charge in [-0.25, -0.2) is 14.8 Å². The molecule has 2 unspecified atom stereocenters. The van der Waals surface area contributed by atoms with Gasteiger partial charge in [-0.2, -0.15) is 0 Å². The highest BCUT2D eigenvalue weighted by molar-refractivity contribution is 5.96. The van der Waals surface area contributed by atoms with E-state index in [2.05, 4.69) is 10.3 Å². The van der Waals surface area contributed by atoms with Crippen LogP contribution in [0.15, 0.2) is 36.4 Å². The molecule has 13 heteroatoms. The number of piperazine rings is 1. The Bertz CT molecular complexity index is 1370. The van der Waals surface area contributed by atoms with E-state index in [-0.39, 0.29) is 69.3 Å². The quantitative estimate of drug-likeness (QED) is 0.347. The average molecular weight is 654 g/mol. The van der Waals surface area contributed by atoms with Gasteiger partial charge >= 0.3 is 12.1 Å². The van der Waals surface area contributed by atoms with Crippen LogP contribution in [0.1, 0.15) is 88.3 Å². The van der Waals surface area contributed by atoms with E-state index in [4.69, 9.17) is 24.0 Å². The van der Waals surface area contributed by atoms with Crippen molar-refractivity contribution in [1.29, 1.82) is 0 Å². The van der Waals surface area contributed by atoms with E-state index in [1.54, 1.807) is 45.8 Å². The Morgan fingerprint density at radius 3 is 2.36 bits per heavy atom. The zero-order valence-electron chi connectivity index (χ0n) is 28.0. The molecular weight excluding hydrogens is 606 g/mol. The van der Waals surface area contributed by atoms with Crippen LogP contribution in [0.3, 0.4) is 0 Å².